The third kappa shape index (κ3) is 4.49. The van der Waals surface area contributed by atoms with Crippen LogP contribution in [0.4, 0.5) is 0 Å². The van der Waals surface area contributed by atoms with Crippen LogP contribution in [0.25, 0.3) is 0 Å². The van der Waals surface area contributed by atoms with Crippen molar-refractivity contribution in [3.05, 3.63) is 0 Å². The molecule has 0 aromatic rings. The molecule has 2 bridgehead atoms. The Morgan fingerprint density at radius 1 is 1.32 bits per heavy atom. The second-order valence-electron chi connectivity index (χ2n) is 6.19. The van der Waals surface area contributed by atoms with Gasteiger partial charge in [0.1, 0.15) is 0 Å². The first-order chi connectivity index (χ1) is 9.02. The molecule has 5 nitrogen and oxygen atoms in total. The van der Waals surface area contributed by atoms with Crippen LogP contribution in [0.5, 0.6) is 0 Å². The third-order valence-electron chi connectivity index (χ3n) is 4.22. The lowest BCUT2D eigenvalue weighted by Gasteiger charge is -2.28. The number of fused-ring (bicyclic) bond motifs is 2. The van der Waals surface area contributed by atoms with E-state index in [-0.39, 0.29) is 18.2 Å². The Morgan fingerprint density at radius 2 is 1.95 bits per heavy atom. The Labute approximate surface area is 114 Å². The monoisotopic (exact) mass is 268 g/mol. The summed E-state index contributed by atoms with van der Waals surface area (Å²) in [6.45, 7) is 2.31. The molecule has 2 aliphatic heterocycles. The first-order valence-corrected chi connectivity index (χ1v) is 7.27. The van der Waals surface area contributed by atoms with E-state index in [1.807, 2.05) is 6.92 Å². The van der Waals surface area contributed by atoms with Crippen molar-refractivity contribution in [3.8, 4) is 0 Å². The van der Waals surface area contributed by atoms with Gasteiger partial charge in [0.2, 0.25) is 5.91 Å². The van der Waals surface area contributed by atoms with Gasteiger partial charge in [0.25, 0.3) is 0 Å². The highest BCUT2D eigenvalue weighted by molar-refractivity contribution is 5.76. The van der Waals surface area contributed by atoms with Crippen molar-refractivity contribution in [1.29, 1.82) is 0 Å². The maximum Gasteiger partial charge on any atom is 0.303 e. The minimum absolute atomic E-state index is 0.00865. The van der Waals surface area contributed by atoms with Crippen molar-refractivity contribution >= 4 is 11.9 Å². The number of hydrogen-bond acceptors (Lipinski definition) is 3. The van der Waals surface area contributed by atoms with Gasteiger partial charge < -0.3 is 15.7 Å². The summed E-state index contributed by atoms with van der Waals surface area (Å²) >= 11 is 0. The number of aliphatic carboxylic acids is 1. The largest absolute Gasteiger partial charge is 0.481 e. The molecule has 2 fully saturated rings. The molecule has 3 N–H and O–H groups in total. The van der Waals surface area contributed by atoms with E-state index in [9.17, 15) is 9.59 Å². The fourth-order valence-electron chi connectivity index (χ4n) is 3.33. The molecule has 5 heteroatoms. The summed E-state index contributed by atoms with van der Waals surface area (Å²) in [7, 11) is 0. The lowest BCUT2D eigenvalue weighted by Crippen LogP contribution is -2.40. The number of rotatable bonds is 6. The van der Waals surface area contributed by atoms with E-state index in [2.05, 4.69) is 10.6 Å². The standard InChI is InChI=1S/C14H24N2O3/c1-9(4-14(18)19)8-15-13(17)7-10-5-11-2-3-12(6-10)16-11/h9-12,16H,2-8H2,1H3,(H,15,17)(H,18,19). The lowest BCUT2D eigenvalue weighted by atomic mass is 9.89. The van der Waals surface area contributed by atoms with Crippen molar-refractivity contribution in [2.24, 2.45) is 11.8 Å². The van der Waals surface area contributed by atoms with E-state index in [4.69, 9.17) is 5.11 Å². The van der Waals surface area contributed by atoms with Crippen LogP contribution in [0.2, 0.25) is 0 Å². The zero-order chi connectivity index (χ0) is 13.8. The van der Waals surface area contributed by atoms with Crippen molar-refractivity contribution in [1.82, 2.24) is 10.6 Å². The summed E-state index contributed by atoms with van der Waals surface area (Å²) in [5, 5.41) is 15.1. The molecule has 2 heterocycles. The van der Waals surface area contributed by atoms with Gasteiger partial charge in [-0.15, -0.1) is 0 Å². The smallest absolute Gasteiger partial charge is 0.303 e. The molecule has 3 atom stereocenters. The molecule has 0 radical (unpaired) electrons. The normalized spacial score (nSPS) is 30.9. The number of hydrogen-bond donors (Lipinski definition) is 3. The highest BCUT2D eigenvalue weighted by Gasteiger charge is 2.34. The first kappa shape index (κ1) is 14.3. The molecule has 0 saturated carbocycles. The number of piperidine rings is 1. The second kappa shape index (κ2) is 6.37. The van der Waals surface area contributed by atoms with Crippen LogP contribution in [0.3, 0.4) is 0 Å². The zero-order valence-corrected chi connectivity index (χ0v) is 11.5. The summed E-state index contributed by atoms with van der Waals surface area (Å²) in [5.41, 5.74) is 0. The van der Waals surface area contributed by atoms with E-state index in [0.29, 0.717) is 31.0 Å². The van der Waals surface area contributed by atoms with Gasteiger partial charge >= 0.3 is 5.97 Å². The zero-order valence-electron chi connectivity index (χ0n) is 11.5. The third-order valence-corrected chi connectivity index (χ3v) is 4.22. The summed E-state index contributed by atoms with van der Waals surface area (Å²) in [6, 6.07) is 1.23. The van der Waals surface area contributed by atoms with Gasteiger partial charge in [-0.05, 0) is 37.5 Å². The first-order valence-electron chi connectivity index (χ1n) is 7.27. The van der Waals surface area contributed by atoms with E-state index in [0.717, 1.165) is 12.8 Å². The van der Waals surface area contributed by atoms with E-state index in [1.165, 1.54) is 12.8 Å². The average molecular weight is 268 g/mol. The summed E-state index contributed by atoms with van der Waals surface area (Å²) in [4.78, 5) is 22.4. The molecule has 0 aromatic heterocycles. The van der Waals surface area contributed by atoms with Crippen LogP contribution in [-0.4, -0.2) is 35.6 Å². The van der Waals surface area contributed by atoms with Gasteiger partial charge in [-0.3, -0.25) is 9.59 Å². The van der Waals surface area contributed by atoms with Crippen LogP contribution in [0.15, 0.2) is 0 Å². The highest BCUT2D eigenvalue weighted by atomic mass is 16.4. The van der Waals surface area contributed by atoms with Crippen molar-refractivity contribution < 1.29 is 14.7 Å². The average Bonchev–Trinajstić information content (AvgIpc) is 2.65. The predicted molar refractivity (Wildman–Crippen MR) is 71.7 cm³/mol. The van der Waals surface area contributed by atoms with Gasteiger partial charge in [0.05, 0.1) is 0 Å². The Balaban J connectivity index is 1.65. The van der Waals surface area contributed by atoms with Crippen LogP contribution in [-0.2, 0) is 9.59 Å². The number of carboxylic acid groups (broad SMARTS) is 1. The van der Waals surface area contributed by atoms with Gasteiger partial charge in [0, 0.05) is 31.5 Å². The Morgan fingerprint density at radius 3 is 2.53 bits per heavy atom. The van der Waals surface area contributed by atoms with Crippen LogP contribution >= 0.6 is 0 Å². The van der Waals surface area contributed by atoms with Gasteiger partial charge in [-0.1, -0.05) is 6.92 Å². The molecule has 1 amide bonds. The lowest BCUT2D eigenvalue weighted by molar-refractivity contribution is -0.138. The van der Waals surface area contributed by atoms with E-state index in [1.54, 1.807) is 0 Å². The highest BCUT2D eigenvalue weighted by Crippen LogP contribution is 2.32. The SMILES string of the molecule is CC(CNC(=O)CC1CC2CCC(C1)N2)CC(=O)O. The maximum absolute atomic E-state index is 11.9. The quantitative estimate of drug-likeness (QED) is 0.675. The number of nitrogens with one attached hydrogen (secondary N) is 2. The predicted octanol–water partition coefficient (Wildman–Crippen LogP) is 1.13. The summed E-state index contributed by atoms with van der Waals surface area (Å²) in [5.74, 6) is -0.251. The van der Waals surface area contributed by atoms with Gasteiger partial charge in [-0.25, -0.2) is 0 Å². The molecule has 19 heavy (non-hydrogen) atoms. The Hall–Kier alpha value is -1.10. The summed E-state index contributed by atoms with van der Waals surface area (Å²) < 4.78 is 0. The molecule has 2 saturated heterocycles. The fraction of sp³-hybridized carbons (Fsp3) is 0.857. The Bertz CT molecular complexity index is 334. The van der Waals surface area contributed by atoms with Gasteiger partial charge in [-0.2, -0.15) is 0 Å². The molecule has 0 spiro atoms. The minimum Gasteiger partial charge on any atom is -0.481 e. The van der Waals surface area contributed by atoms with Crippen LogP contribution in [0, 0.1) is 11.8 Å². The fourth-order valence-corrected chi connectivity index (χ4v) is 3.33. The number of carbonyl (C=O) groups is 2. The molecular weight excluding hydrogens is 244 g/mol. The number of amides is 1. The van der Waals surface area contributed by atoms with Crippen molar-refractivity contribution in [2.75, 3.05) is 6.54 Å². The van der Waals surface area contributed by atoms with Gasteiger partial charge in [0.15, 0.2) is 0 Å². The summed E-state index contributed by atoms with van der Waals surface area (Å²) in [6.07, 6.45) is 5.41. The topological polar surface area (TPSA) is 78.4 Å². The molecule has 0 aliphatic carbocycles. The minimum atomic E-state index is -0.809. The number of carboxylic acids is 1. The second-order valence-corrected chi connectivity index (χ2v) is 6.19. The molecule has 108 valence electrons. The van der Waals surface area contributed by atoms with Crippen molar-refractivity contribution in [3.63, 3.8) is 0 Å². The maximum atomic E-state index is 11.9. The van der Waals surface area contributed by atoms with Crippen molar-refractivity contribution in [2.45, 2.75) is 57.5 Å². The van der Waals surface area contributed by atoms with Crippen LogP contribution < -0.4 is 10.6 Å². The molecule has 0 aromatic carbocycles. The Kier molecular flexibility index (Phi) is 4.80. The van der Waals surface area contributed by atoms with Crippen LogP contribution in [0.1, 0.15) is 45.4 Å². The molecule has 3 unspecified atom stereocenters. The molecular formula is C14H24N2O3. The van der Waals surface area contributed by atoms with E-state index < -0.39 is 5.97 Å². The molecule has 2 rings (SSSR count). The van der Waals surface area contributed by atoms with E-state index >= 15 is 0 Å². The number of carbonyl (C=O) groups excluding carboxylic acids is 1. The molecule has 2 aliphatic rings.